The third-order valence-corrected chi connectivity index (χ3v) is 4.14. The largest absolute Gasteiger partial charge is 0.294 e. The molecular formula is C19H26O2S. The Hall–Kier alpha value is -1.35. The maximum atomic E-state index is 12.5. The van der Waals surface area contributed by atoms with E-state index in [1.54, 1.807) is 18.2 Å². The van der Waals surface area contributed by atoms with E-state index in [1.165, 1.54) is 0 Å². The van der Waals surface area contributed by atoms with E-state index in [0.29, 0.717) is 4.91 Å². The highest BCUT2D eigenvalue weighted by Crippen LogP contribution is 2.38. The monoisotopic (exact) mass is 318 g/mol. The summed E-state index contributed by atoms with van der Waals surface area (Å²) >= 11 is 4.53. The molecule has 0 aromatic rings. The van der Waals surface area contributed by atoms with Crippen LogP contribution in [0.25, 0.3) is 0 Å². The Labute approximate surface area is 139 Å². The minimum absolute atomic E-state index is 0.00838. The van der Waals surface area contributed by atoms with Gasteiger partial charge in [0, 0.05) is 11.8 Å². The molecule has 0 aliphatic heterocycles. The van der Waals surface area contributed by atoms with E-state index in [0.717, 1.165) is 29.6 Å². The van der Waals surface area contributed by atoms with Crippen LogP contribution in [0.1, 0.15) is 47.5 Å². The Morgan fingerprint density at radius 1 is 1.09 bits per heavy atom. The molecule has 22 heavy (non-hydrogen) atoms. The van der Waals surface area contributed by atoms with Crippen LogP contribution in [0.15, 0.2) is 45.9 Å². The van der Waals surface area contributed by atoms with Gasteiger partial charge >= 0.3 is 0 Å². The molecule has 0 saturated carbocycles. The van der Waals surface area contributed by atoms with Gasteiger partial charge in [0.1, 0.15) is 0 Å². The zero-order valence-electron chi connectivity index (χ0n) is 14.1. The summed E-state index contributed by atoms with van der Waals surface area (Å²) in [6.45, 7) is 9.61. The lowest BCUT2D eigenvalue weighted by Gasteiger charge is -2.30. The molecule has 0 aromatic heterocycles. The molecule has 0 spiro atoms. The predicted octanol–water partition coefficient (Wildman–Crippen LogP) is 4.84. The summed E-state index contributed by atoms with van der Waals surface area (Å²) in [7, 11) is 0. The van der Waals surface area contributed by atoms with Crippen LogP contribution in [-0.2, 0) is 9.59 Å². The second-order valence-corrected chi connectivity index (χ2v) is 6.94. The highest BCUT2D eigenvalue weighted by Gasteiger charge is 2.32. The molecule has 0 fully saturated rings. The quantitative estimate of drug-likeness (QED) is 0.447. The topological polar surface area (TPSA) is 34.1 Å². The maximum absolute atomic E-state index is 12.5. The smallest absolute Gasteiger partial charge is 0.179 e. The average molecular weight is 318 g/mol. The molecule has 0 N–H and O–H groups in total. The van der Waals surface area contributed by atoms with Crippen molar-refractivity contribution in [1.29, 1.82) is 0 Å². The van der Waals surface area contributed by atoms with Crippen LogP contribution in [0.5, 0.6) is 0 Å². The van der Waals surface area contributed by atoms with Crippen molar-refractivity contribution >= 4 is 24.2 Å². The Morgan fingerprint density at radius 2 is 1.68 bits per heavy atom. The van der Waals surface area contributed by atoms with Crippen LogP contribution < -0.4 is 0 Å². The van der Waals surface area contributed by atoms with Crippen molar-refractivity contribution in [2.45, 2.75) is 47.5 Å². The number of thiol groups is 1. The summed E-state index contributed by atoms with van der Waals surface area (Å²) in [5.41, 5.74) is 3.03. The molecule has 0 saturated heterocycles. The molecule has 2 nitrogen and oxygen atoms in total. The first-order valence-corrected chi connectivity index (χ1v) is 8.12. The Bertz CT molecular complexity index is 568. The highest BCUT2D eigenvalue weighted by atomic mass is 32.1. The molecule has 1 aliphatic carbocycles. The zero-order valence-corrected chi connectivity index (χ0v) is 15.0. The van der Waals surface area contributed by atoms with E-state index in [9.17, 15) is 9.59 Å². The number of carbonyl (C=O) groups is 2. The molecule has 1 aliphatic rings. The van der Waals surface area contributed by atoms with Crippen LogP contribution in [0, 0.1) is 11.8 Å². The van der Waals surface area contributed by atoms with Crippen molar-refractivity contribution in [1.82, 2.24) is 0 Å². The maximum Gasteiger partial charge on any atom is 0.179 e. The fraction of sp³-hybridized carbons (Fsp3) is 0.474. The normalized spacial score (nSPS) is 21.7. The first-order valence-electron chi connectivity index (χ1n) is 7.67. The molecule has 2 unspecified atom stereocenters. The van der Waals surface area contributed by atoms with E-state index in [1.807, 2.05) is 34.6 Å². The number of hydrogen-bond donors (Lipinski definition) is 1. The summed E-state index contributed by atoms with van der Waals surface area (Å²) < 4.78 is 0. The molecule has 3 heteroatoms. The van der Waals surface area contributed by atoms with Gasteiger partial charge in [0.15, 0.2) is 11.6 Å². The van der Waals surface area contributed by atoms with E-state index < -0.39 is 0 Å². The fourth-order valence-corrected chi connectivity index (χ4v) is 3.20. The summed E-state index contributed by atoms with van der Waals surface area (Å²) in [5.74, 6) is -0.170. The molecule has 0 bridgehead atoms. The van der Waals surface area contributed by atoms with Gasteiger partial charge in [-0.15, -0.1) is 12.6 Å². The number of rotatable bonds is 5. The van der Waals surface area contributed by atoms with Crippen molar-refractivity contribution < 1.29 is 9.59 Å². The molecule has 0 radical (unpaired) electrons. The molecule has 2 atom stereocenters. The van der Waals surface area contributed by atoms with Gasteiger partial charge in [0.2, 0.25) is 0 Å². The van der Waals surface area contributed by atoms with Gasteiger partial charge in [-0.3, -0.25) is 9.59 Å². The van der Waals surface area contributed by atoms with Crippen molar-refractivity contribution in [2.75, 3.05) is 0 Å². The lowest BCUT2D eigenvalue weighted by molar-refractivity contribution is -0.118. The van der Waals surface area contributed by atoms with Gasteiger partial charge in [0.05, 0.1) is 0 Å². The molecule has 1 rings (SSSR count). The van der Waals surface area contributed by atoms with Crippen molar-refractivity contribution in [3.05, 3.63) is 45.9 Å². The summed E-state index contributed by atoms with van der Waals surface area (Å²) in [5, 5.41) is 0. The molecule has 120 valence electrons. The Balaban J connectivity index is 3.09. The second kappa shape index (κ2) is 8.33. The van der Waals surface area contributed by atoms with Gasteiger partial charge in [-0.1, -0.05) is 22.8 Å². The lowest BCUT2D eigenvalue weighted by Crippen LogP contribution is -2.27. The van der Waals surface area contributed by atoms with Gasteiger partial charge in [0.25, 0.3) is 0 Å². The van der Waals surface area contributed by atoms with Crippen LogP contribution in [-0.4, -0.2) is 11.6 Å². The standard InChI is InChI=1S/C19H26O2S/c1-12(2)9-15(20)11-18(22)16-8-6-7-14(5)19(16)17(21)10-13(3)4/h7,9-11,16,19,22H,6,8H2,1-5H3/b18-11-. The Kier molecular flexibility index (Phi) is 7.08. The molecule has 0 aromatic carbocycles. The van der Waals surface area contributed by atoms with Gasteiger partial charge < -0.3 is 0 Å². The van der Waals surface area contributed by atoms with Crippen LogP contribution in [0.3, 0.4) is 0 Å². The fourth-order valence-electron chi connectivity index (χ4n) is 2.80. The molecule has 0 amide bonds. The van der Waals surface area contributed by atoms with Crippen LogP contribution in [0.2, 0.25) is 0 Å². The van der Waals surface area contributed by atoms with E-state index in [2.05, 4.69) is 18.7 Å². The Morgan fingerprint density at radius 3 is 2.23 bits per heavy atom. The van der Waals surface area contributed by atoms with Crippen LogP contribution >= 0.6 is 12.6 Å². The summed E-state index contributed by atoms with van der Waals surface area (Å²) in [6, 6.07) is 0. The van der Waals surface area contributed by atoms with Gasteiger partial charge in [-0.25, -0.2) is 0 Å². The number of hydrogen-bond acceptors (Lipinski definition) is 3. The van der Waals surface area contributed by atoms with Crippen LogP contribution in [0.4, 0.5) is 0 Å². The zero-order chi connectivity index (χ0) is 16.9. The minimum atomic E-state index is -0.202. The lowest BCUT2D eigenvalue weighted by atomic mass is 9.75. The SMILES string of the molecule is CC(C)=CC(=O)/C=C(\S)C1CCC=C(C)C1C(=O)C=C(C)C. The highest BCUT2D eigenvalue weighted by molar-refractivity contribution is 7.84. The van der Waals surface area contributed by atoms with Gasteiger partial charge in [-0.05, 0) is 70.6 Å². The van der Waals surface area contributed by atoms with E-state index in [-0.39, 0.29) is 23.4 Å². The second-order valence-electron chi connectivity index (χ2n) is 6.43. The third-order valence-electron chi connectivity index (χ3n) is 3.68. The number of allylic oxidation sites excluding steroid dienone is 8. The summed E-state index contributed by atoms with van der Waals surface area (Å²) in [6.07, 6.45) is 8.73. The van der Waals surface area contributed by atoms with Crippen molar-refractivity contribution in [2.24, 2.45) is 11.8 Å². The first kappa shape index (κ1) is 18.7. The summed E-state index contributed by atoms with van der Waals surface area (Å²) in [4.78, 5) is 25.2. The number of carbonyl (C=O) groups excluding carboxylic acids is 2. The first-order chi connectivity index (χ1) is 10.2. The molecular weight excluding hydrogens is 292 g/mol. The van der Waals surface area contributed by atoms with E-state index >= 15 is 0 Å². The average Bonchev–Trinajstić information content (AvgIpc) is 2.35. The number of ketones is 2. The van der Waals surface area contributed by atoms with E-state index in [4.69, 9.17) is 0 Å². The minimum Gasteiger partial charge on any atom is -0.294 e. The predicted molar refractivity (Wildman–Crippen MR) is 95.9 cm³/mol. The molecule has 0 heterocycles. The third kappa shape index (κ3) is 5.45. The van der Waals surface area contributed by atoms with Crippen molar-refractivity contribution in [3.8, 4) is 0 Å². The van der Waals surface area contributed by atoms with Gasteiger partial charge in [-0.2, -0.15) is 0 Å². The van der Waals surface area contributed by atoms with Crippen molar-refractivity contribution in [3.63, 3.8) is 0 Å².